The molecule has 1 saturated carbocycles. The van der Waals surface area contributed by atoms with E-state index in [0.29, 0.717) is 31.2 Å². The molecule has 0 unspecified atom stereocenters. The minimum atomic E-state index is -0.738. The molecule has 2 aromatic rings. The summed E-state index contributed by atoms with van der Waals surface area (Å²) in [5.74, 6) is -1.14. The summed E-state index contributed by atoms with van der Waals surface area (Å²) >= 11 is 0. The molecule has 1 fully saturated rings. The summed E-state index contributed by atoms with van der Waals surface area (Å²) in [6, 6.07) is 7.16. The number of aromatic nitrogens is 3. The Morgan fingerprint density at radius 1 is 1.13 bits per heavy atom. The van der Waals surface area contributed by atoms with Gasteiger partial charge >= 0.3 is 5.97 Å². The van der Waals surface area contributed by atoms with Gasteiger partial charge < -0.3 is 10.4 Å². The van der Waals surface area contributed by atoms with Crippen molar-refractivity contribution in [1.82, 2.24) is 20.3 Å². The minimum absolute atomic E-state index is 0.0492. The fourth-order valence-corrected chi connectivity index (χ4v) is 2.86. The van der Waals surface area contributed by atoms with Gasteiger partial charge in [-0.2, -0.15) is 0 Å². The average molecular weight is 314 g/mol. The quantitative estimate of drug-likeness (QED) is 0.894. The number of hydrogen-bond donors (Lipinski definition) is 2. The zero-order chi connectivity index (χ0) is 16.2. The maximum Gasteiger partial charge on any atom is 0.306 e. The standard InChI is InChI=1S/C16H18N4O3/c21-15(18-13-5-1-12(2-6-13)16(22)23)11-3-7-14(8-4-11)20-10-9-17-19-20/h3-4,7-10,12-13H,1-2,5-6H2,(H,18,21)(H,22,23). The van der Waals surface area contributed by atoms with Gasteiger partial charge in [0.25, 0.3) is 5.91 Å². The first-order valence-corrected chi connectivity index (χ1v) is 7.64. The number of carbonyl (C=O) groups is 2. The van der Waals surface area contributed by atoms with Gasteiger partial charge in [-0.3, -0.25) is 9.59 Å². The predicted octanol–water partition coefficient (Wildman–Crippen LogP) is 1.64. The highest BCUT2D eigenvalue weighted by atomic mass is 16.4. The van der Waals surface area contributed by atoms with Gasteiger partial charge in [0.2, 0.25) is 0 Å². The topological polar surface area (TPSA) is 97.1 Å². The Bertz CT molecular complexity index is 674. The van der Waals surface area contributed by atoms with E-state index in [1.807, 2.05) is 12.1 Å². The molecule has 0 saturated heterocycles. The van der Waals surface area contributed by atoms with Crippen LogP contribution in [0.2, 0.25) is 0 Å². The maximum atomic E-state index is 12.3. The third-order valence-electron chi connectivity index (χ3n) is 4.23. The fourth-order valence-electron chi connectivity index (χ4n) is 2.86. The highest BCUT2D eigenvalue weighted by molar-refractivity contribution is 5.94. The number of amides is 1. The SMILES string of the molecule is O=C(NC1CCC(C(=O)O)CC1)c1ccc(-n2ccnn2)cc1. The molecule has 0 bridgehead atoms. The third kappa shape index (κ3) is 3.56. The predicted molar refractivity (Wildman–Crippen MR) is 82.2 cm³/mol. The molecule has 23 heavy (non-hydrogen) atoms. The lowest BCUT2D eigenvalue weighted by molar-refractivity contribution is -0.142. The molecule has 1 aliphatic rings. The van der Waals surface area contributed by atoms with E-state index in [9.17, 15) is 9.59 Å². The van der Waals surface area contributed by atoms with E-state index in [2.05, 4.69) is 15.6 Å². The van der Waals surface area contributed by atoms with Gasteiger partial charge in [0.1, 0.15) is 0 Å². The third-order valence-corrected chi connectivity index (χ3v) is 4.23. The average Bonchev–Trinajstić information content (AvgIpc) is 3.10. The lowest BCUT2D eigenvalue weighted by Crippen LogP contribution is -2.38. The summed E-state index contributed by atoms with van der Waals surface area (Å²) in [5.41, 5.74) is 1.41. The summed E-state index contributed by atoms with van der Waals surface area (Å²) in [6.45, 7) is 0. The zero-order valence-electron chi connectivity index (χ0n) is 12.6. The summed E-state index contributed by atoms with van der Waals surface area (Å²) in [7, 11) is 0. The Labute approximate surface area is 133 Å². The van der Waals surface area contributed by atoms with Crippen molar-refractivity contribution >= 4 is 11.9 Å². The van der Waals surface area contributed by atoms with Crippen LogP contribution in [-0.4, -0.2) is 38.0 Å². The zero-order valence-corrected chi connectivity index (χ0v) is 12.6. The molecule has 3 rings (SSSR count). The molecule has 2 N–H and O–H groups in total. The van der Waals surface area contributed by atoms with Crippen molar-refractivity contribution in [3.63, 3.8) is 0 Å². The maximum absolute atomic E-state index is 12.3. The van der Waals surface area contributed by atoms with Gasteiger partial charge in [0.15, 0.2) is 0 Å². The summed E-state index contributed by atoms with van der Waals surface area (Å²) in [6.07, 6.45) is 5.97. The summed E-state index contributed by atoms with van der Waals surface area (Å²) in [5, 5.41) is 19.6. The highest BCUT2D eigenvalue weighted by Gasteiger charge is 2.26. The first kappa shape index (κ1) is 15.2. The van der Waals surface area contributed by atoms with E-state index in [4.69, 9.17) is 5.11 Å². The number of carbonyl (C=O) groups excluding carboxylic acids is 1. The highest BCUT2D eigenvalue weighted by Crippen LogP contribution is 2.24. The van der Waals surface area contributed by atoms with E-state index < -0.39 is 5.97 Å². The van der Waals surface area contributed by atoms with Crippen LogP contribution in [0.4, 0.5) is 0 Å². The van der Waals surface area contributed by atoms with Crippen molar-refractivity contribution in [3.05, 3.63) is 42.2 Å². The van der Waals surface area contributed by atoms with Gasteiger partial charge in [-0.25, -0.2) is 4.68 Å². The minimum Gasteiger partial charge on any atom is -0.481 e. The number of nitrogens with one attached hydrogen (secondary N) is 1. The number of nitrogens with zero attached hydrogens (tertiary/aromatic N) is 3. The van der Waals surface area contributed by atoms with Crippen LogP contribution >= 0.6 is 0 Å². The molecule has 7 nitrogen and oxygen atoms in total. The lowest BCUT2D eigenvalue weighted by Gasteiger charge is -2.26. The van der Waals surface area contributed by atoms with Gasteiger partial charge in [-0.05, 0) is 49.9 Å². The molecule has 1 aromatic heterocycles. The molecule has 7 heteroatoms. The van der Waals surface area contributed by atoms with Gasteiger partial charge in [-0.15, -0.1) is 5.10 Å². The van der Waals surface area contributed by atoms with Gasteiger partial charge in [0, 0.05) is 11.6 Å². The lowest BCUT2D eigenvalue weighted by atomic mass is 9.86. The fraction of sp³-hybridized carbons (Fsp3) is 0.375. The van der Waals surface area contributed by atoms with Gasteiger partial charge in [-0.1, -0.05) is 5.21 Å². The monoisotopic (exact) mass is 314 g/mol. The van der Waals surface area contributed by atoms with Crippen molar-refractivity contribution < 1.29 is 14.7 Å². The number of carboxylic acid groups (broad SMARTS) is 1. The van der Waals surface area contributed by atoms with Crippen molar-refractivity contribution in [2.24, 2.45) is 5.92 Å². The largest absolute Gasteiger partial charge is 0.481 e. The molecule has 0 radical (unpaired) electrons. The molecular formula is C16H18N4O3. The van der Waals surface area contributed by atoms with Crippen LogP contribution in [0.25, 0.3) is 5.69 Å². The Hall–Kier alpha value is -2.70. The van der Waals surface area contributed by atoms with Crippen LogP contribution in [-0.2, 0) is 4.79 Å². The molecule has 0 aliphatic heterocycles. The van der Waals surface area contributed by atoms with Crippen molar-refractivity contribution in [2.75, 3.05) is 0 Å². The Morgan fingerprint density at radius 2 is 1.83 bits per heavy atom. The van der Waals surface area contributed by atoms with Crippen molar-refractivity contribution in [3.8, 4) is 5.69 Å². The van der Waals surface area contributed by atoms with Gasteiger partial charge in [0.05, 0.1) is 24.0 Å². The van der Waals surface area contributed by atoms with Crippen LogP contribution in [0.5, 0.6) is 0 Å². The second-order valence-corrected chi connectivity index (χ2v) is 5.75. The van der Waals surface area contributed by atoms with Crippen LogP contribution in [0.15, 0.2) is 36.7 Å². The number of aliphatic carboxylic acids is 1. The van der Waals surface area contributed by atoms with E-state index in [-0.39, 0.29) is 17.9 Å². The van der Waals surface area contributed by atoms with E-state index >= 15 is 0 Å². The molecule has 120 valence electrons. The van der Waals surface area contributed by atoms with Crippen LogP contribution < -0.4 is 5.32 Å². The molecule has 0 spiro atoms. The van der Waals surface area contributed by atoms with Crippen molar-refractivity contribution in [1.29, 1.82) is 0 Å². The van der Waals surface area contributed by atoms with E-state index in [0.717, 1.165) is 5.69 Å². The number of benzene rings is 1. The van der Waals surface area contributed by atoms with Crippen LogP contribution in [0.3, 0.4) is 0 Å². The second-order valence-electron chi connectivity index (χ2n) is 5.75. The summed E-state index contributed by atoms with van der Waals surface area (Å²) in [4.78, 5) is 23.2. The van der Waals surface area contributed by atoms with Crippen LogP contribution in [0.1, 0.15) is 36.0 Å². The molecule has 1 amide bonds. The number of rotatable bonds is 4. The Kier molecular flexibility index (Phi) is 4.36. The van der Waals surface area contributed by atoms with Crippen LogP contribution in [0, 0.1) is 5.92 Å². The van der Waals surface area contributed by atoms with E-state index in [1.54, 1.807) is 29.2 Å². The summed E-state index contributed by atoms with van der Waals surface area (Å²) < 4.78 is 1.62. The van der Waals surface area contributed by atoms with Crippen molar-refractivity contribution in [2.45, 2.75) is 31.7 Å². The Balaban J connectivity index is 1.57. The van der Waals surface area contributed by atoms with E-state index in [1.165, 1.54) is 0 Å². The molecule has 1 heterocycles. The first-order chi connectivity index (χ1) is 11.1. The molecule has 0 atom stereocenters. The first-order valence-electron chi connectivity index (χ1n) is 7.64. The normalized spacial score (nSPS) is 20.9. The molecular weight excluding hydrogens is 296 g/mol. The number of hydrogen-bond acceptors (Lipinski definition) is 4. The Morgan fingerprint density at radius 3 is 2.39 bits per heavy atom. The number of carboxylic acids is 1. The molecule has 1 aromatic carbocycles. The molecule has 1 aliphatic carbocycles. The smallest absolute Gasteiger partial charge is 0.306 e. The second kappa shape index (κ2) is 6.60.